The lowest BCUT2D eigenvalue weighted by Gasteiger charge is -2.47. The van der Waals surface area contributed by atoms with Crippen molar-refractivity contribution < 1.29 is 9.53 Å². The normalized spacial score (nSPS) is 28.2. The van der Waals surface area contributed by atoms with Crippen molar-refractivity contribution in [2.75, 3.05) is 26.2 Å². The molecule has 2 saturated heterocycles. The predicted molar refractivity (Wildman–Crippen MR) is 142 cm³/mol. The van der Waals surface area contributed by atoms with Gasteiger partial charge in [0.25, 0.3) is 0 Å². The molecule has 2 fully saturated rings. The van der Waals surface area contributed by atoms with E-state index < -0.39 is 0 Å². The first kappa shape index (κ1) is 24.4. The fourth-order valence-electron chi connectivity index (χ4n) is 7.30. The number of aryl methyl sites for hydroxylation is 1. The molecule has 0 unspecified atom stereocenters. The van der Waals surface area contributed by atoms with Crippen LogP contribution in [0.25, 0.3) is 0 Å². The number of nitrogens with one attached hydrogen (secondary N) is 1. The van der Waals surface area contributed by atoms with Gasteiger partial charge in [-0.3, -0.25) is 4.79 Å². The molecule has 0 radical (unpaired) electrons. The summed E-state index contributed by atoms with van der Waals surface area (Å²) in [4.78, 5) is 16.8. The van der Waals surface area contributed by atoms with Gasteiger partial charge >= 0.3 is 0 Å². The third-order valence-corrected chi connectivity index (χ3v) is 9.35. The molecule has 0 aliphatic carbocycles. The second-order valence-corrected chi connectivity index (χ2v) is 10.9. The molecule has 0 saturated carbocycles. The van der Waals surface area contributed by atoms with Crippen LogP contribution in [-0.4, -0.2) is 43.1 Å². The van der Waals surface area contributed by atoms with Crippen LogP contribution in [0.1, 0.15) is 75.5 Å². The number of ether oxygens (including phenoxy) is 1. The van der Waals surface area contributed by atoms with Gasteiger partial charge in [0.15, 0.2) is 0 Å². The minimum Gasteiger partial charge on any atom is -0.493 e. The SMILES string of the molecule is CCc1cccc2c1OCC[C@]21CNC[C@H]1C(=O)N1CC[C@@H](c2ccccc2)C[C@H]1C(CC)CC. The molecule has 3 aliphatic rings. The zero-order chi connectivity index (χ0) is 24.4. The summed E-state index contributed by atoms with van der Waals surface area (Å²) in [5.41, 5.74) is 3.79. The molecule has 4 nitrogen and oxygen atoms in total. The van der Waals surface area contributed by atoms with Gasteiger partial charge < -0.3 is 15.0 Å². The van der Waals surface area contributed by atoms with Crippen molar-refractivity contribution in [2.24, 2.45) is 11.8 Å². The van der Waals surface area contributed by atoms with Crippen LogP contribution in [0, 0.1) is 11.8 Å². The number of hydrogen-bond acceptors (Lipinski definition) is 3. The average molecular weight is 475 g/mol. The van der Waals surface area contributed by atoms with Gasteiger partial charge in [0, 0.05) is 36.7 Å². The smallest absolute Gasteiger partial charge is 0.228 e. The molecule has 4 atom stereocenters. The maximum Gasteiger partial charge on any atom is 0.228 e. The highest BCUT2D eigenvalue weighted by Crippen LogP contribution is 2.49. The summed E-state index contributed by atoms with van der Waals surface area (Å²) in [6, 6.07) is 17.8. The van der Waals surface area contributed by atoms with E-state index in [0.717, 1.165) is 63.9 Å². The Balaban J connectivity index is 1.46. The van der Waals surface area contributed by atoms with E-state index in [4.69, 9.17) is 4.74 Å². The molecule has 0 aromatic heterocycles. The molecule has 5 rings (SSSR count). The number of likely N-dealkylation sites (tertiary alicyclic amines) is 1. The maximum atomic E-state index is 14.5. The Bertz CT molecular complexity index is 1020. The fourth-order valence-corrected chi connectivity index (χ4v) is 7.30. The lowest BCUT2D eigenvalue weighted by molar-refractivity contribution is -0.142. The Morgan fingerprint density at radius 2 is 1.91 bits per heavy atom. The number of fused-ring (bicyclic) bond motifs is 2. The number of piperidine rings is 1. The van der Waals surface area contributed by atoms with Gasteiger partial charge in [-0.1, -0.05) is 82.1 Å². The van der Waals surface area contributed by atoms with Crippen molar-refractivity contribution in [3.8, 4) is 5.75 Å². The molecule has 1 amide bonds. The van der Waals surface area contributed by atoms with Crippen LogP contribution in [0.2, 0.25) is 0 Å². The quantitative estimate of drug-likeness (QED) is 0.584. The van der Waals surface area contributed by atoms with Crippen LogP contribution in [0.15, 0.2) is 48.5 Å². The zero-order valence-corrected chi connectivity index (χ0v) is 21.8. The van der Waals surface area contributed by atoms with Gasteiger partial charge in [0.05, 0.1) is 12.5 Å². The molecule has 1 N–H and O–H groups in total. The van der Waals surface area contributed by atoms with E-state index in [9.17, 15) is 4.79 Å². The van der Waals surface area contributed by atoms with Gasteiger partial charge in [-0.05, 0) is 48.6 Å². The summed E-state index contributed by atoms with van der Waals surface area (Å²) < 4.78 is 6.21. The number of nitrogens with zero attached hydrogens (tertiary/aromatic N) is 1. The zero-order valence-electron chi connectivity index (χ0n) is 21.8. The number of carbonyl (C=O) groups is 1. The predicted octanol–water partition coefficient (Wildman–Crippen LogP) is 5.70. The van der Waals surface area contributed by atoms with E-state index in [0.29, 0.717) is 30.4 Å². The Hall–Kier alpha value is -2.33. The van der Waals surface area contributed by atoms with Crippen molar-refractivity contribution in [2.45, 2.75) is 76.7 Å². The van der Waals surface area contributed by atoms with E-state index in [-0.39, 0.29) is 11.3 Å². The Kier molecular flexibility index (Phi) is 7.20. The maximum absolute atomic E-state index is 14.5. The Labute approximate surface area is 211 Å². The highest BCUT2D eigenvalue weighted by atomic mass is 16.5. The number of rotatable bonds is 6. The minimum atomic E-state index is -0.162. The summed E-state index contributed by atoms with van der Waals surface area (Å²) >= 11 is 0. The third kappa shape index (κ3) is 4.28. The first-order valence-corrected chi connectivity index (χ1v) is 13.9. The van der Waals surface area contributed by atoms with Crippen LogP contribution in [0.4, 0.5) is 0 Å². The number of amides is 1. The molecule has 2 aromatic carbocycles. The van der Waals surface area contributed by atoms with E-state index in [1.54, 1.807) is 0 Å². The second-order valence-electron chi connectivity index (χ2n) is 10.9. The van der Waals surface area contributed by atoms with Crippen LogP contribution < -0.4 is 10.1 Å². The second kappa shape index (κ2) is 10.3. The minimum absolute atomic E-state index is 0.0256. The standard InChI is InChI=1S/C31H42N2O2/c1-4-22(5-2)28-19-25(24-11-8-7-9-12-24)15-17-33(28)30(34)27-20-32-21-31(27)16-18-35-29-23(6-3)13-10-14-26(29)31/h7-14,22,25,27-28,32H,4-6,15-21H2,1-3H3/t25-,27+,28+,31+/m1/s1. The van der Waals surface area contributed by atoms with Crippen molar-refractivity contribution >= 4 is 5.91 Å². The summed E-state index contributed by atoms with van der Waals surface area (Å²) in [7, 11) is 0. The van der Waals surface area contributed by atoms with Gasteiger partial charge in [0.2, 0.25) is 5.91 Å². The molecular formula is C31H42N2O2. The molecular weight excluding hydrogens is 432 g/mol. The molecule has 3 aliphatic heterocycles. The van der Waals surface area contributed by atoms with Crippen molar-refractivity contribution in [3.63, 3.8) is 0 Å². The van der Waals surface area contributed by atoms with Crippen LogP contribution >= 0.6 is 0 Å². The van der Waals surface area contributed by atoms with Crippen LogP contribution in [0.3, 0.4) is 0 Å². The average Bonchev–Trinajstić information content (AvgIpc) is 3.33. The molecule has 0 bridgehead atoms. The number of para-hydroxylation sites is 1. The molecule has 35 heavy (non-hydrogen) atoms. The van der Waals surface area contributed by atoms with E-state index in [2.05, 4.69) is 79.5 Å². The number of benzene rings is 2. The summed E-state index contributed by atoms with van der Waals surface area (Å²) in [6.45, 7) is 9.97. The molecule has 3 heterocycles. The monoisotopic (exact) mass is 474 g/mol. The Morgan fingerprint density at radius 1 is 1.11 bits per heavy atom. The largest absolute Gasteiger partial charge is 0.493 e. The lowest BCUT2D eigenvalue weighted by atomic mass is 9.67. The van der Waals surface area contributed by atoms with Crippen molar-refractivity contribution in [1.82, 2.24) is 10.2 Å². The van der Waals surface area contributed by atoms with Crippen LogP contribution in [-0.2, 0) is 16.6 Å². The van der Waals surface area contributed by atoms with E-state index in [1.807, 2.05) is 0 Å². The third-order valence-electron chi connectivity index (χ3n) is 9.35. The van der Waals surface area contributed by atoms with Gasteiger partial charge in [0.1, 0.15) is 5.75 Å². The first-order chi connectivity index (χ1) is 17.1. The number of hydrogen-bond donors (Lipinski definition) is 1. The molecule has 4 heteroatoms. The van der Waals surface area contributed by atoms with E-state index >= 15 is 0 Å². The van der Waals surface area contributed by atoms with Crippen molar-refractivity contribution in [3.05, 3.63) is 65.2 Å². The van der Waals surface area contributed by atoms with Crippen LogP contribution in [0.5, 0.6) is 5.75 Å². The van der Waals surface area contributed by atoms with Gasteiger partial charge in [-0.25, -0.2) is 0 Å². The summed E-state index contributed by atoms with van der Waals surface area (Å²) in [5, 5.41) is 3.63. The molecule has 1 spiro atoms. The van der Waals surface area contributed by atoms with Crippen molar-refractivity contribution in [1.29, 1.82) is 0 Å². The summed E-state index contributed by atoms with van der Waals surface area (Å²) in [5.74, 6) is 2.47. The number of carbonyl (C=O) groups excluding carboxylic acids is 1. The van der Waals surface area contributed by atoms with E-state index in [1.165, 1.54) is 16.7 Å². The molecule has 2 aromatic rings. The highest BCUT2D eigenvalue weighted by molar-refractivity contribution is 5.82. The first-order valence-electron chi connectivity index (χ1n) is 13.9. The molecule has 188 valence electrons. The fraction of sp³-hybridized carbons (Fsp3) is 0.581. The van der Waals surface area contributed by atoms with Gasteiger partial charge in [-0.15, -0.1) is 0 Å². The highest BCUT2D eigenvalue weighted by Gasteiger charge is 2.53. The Morgan fingerprint density at radius 3 is 2.66 bits per heavy atom. The van der Waals surface area contributed by atoms with Gasteiger partial charge in [-0.2, -0.15) is 0 Å². The topological polar surface area (TPSA) is 41.6 Å². The lowest BCUT2D eigenvalue weighted by Crippen LogP contribution is -2.55. The summed E-state index contributed by atoms with van der Waals surface area (Å²) in [6.07, 6.45) is 6.24.